The lowest BCUT2D eigenvalue weighted by atomic mass is 9.98. The molecule has 126 valence electrons. The molecule has 0 saturated carbocycles. The monoisotopic (exact) mass is 340 g/mol. The van der Waals surface area contributed by atoms with Crippen molar-refractivity contribution in [3.05, 3.63) is 72.4 Å². The molecular formula is C21H16N4O. The van der Waals surface area contributed by atoms with E-state index in [1.54, 1.807) is 19.6 Å². The minimum absolute atomic E-state index is 0.628. The Bertz CT molecular complexity index is 1120. The predicted octanol–water partition coefficient (Wildman–Crippen LogP) is 4.25. The molecule has 3 aromatic heterocycles. The molecule has 0 N–H and O–H groups in total. The van der Waals surface area contributed by atoms with Gasteiger partial charge in [0.25, 0.3) is 0 Å². The van der Waals surface area contributed by atoms with Crippen molar-refractivity contribution in [3.63, 3.8) is 0 Å². The van der Waals surface area contributed by atoms with E-state index < -0.39 is 0 Å². The van der Waals surface area contributed by atoms with Gasteiger partial charge in [0, 0.05) is 23.0 Å². The molecule has 0 unspecified atom stereocenters. The Labute approximate surface area is 151 Å². The van der Waals surface area contributed by atoms with Crippen LogP contribution in [0, 0.1) is 18.3 Å². The topological polar surface area (TPSA) is 63.2 Å². The van der Waals surface area contributed by atoms with Crippen LogP contribution in [0.4, 0.5) is 0 Å². The Morgan fingerprint density at radius 1 is 1.04 bits per heavy atom. The third-order valence-corrected chi connectivity index (χ3v) is 4.39. The van der Waals surface area contributed by atoms with Crippen molar-refractivity contribution in [2.45, 2.75) is 6.92 Å². The van der Waals surface area contributed by atoms with E-state index in [4.69, 9.17) is 10.00 Å². The summed E-state index contributed by atoms with van der Waals surface area (Å²) in [6.07, 6.45) is 5.43. The second-order valence-corrected chi connectivity index (χ2v) is 6.00. The number of rotatable bonds is 3. The number of benzene rings is 1. The van der Waals surface area contributed by atoms with Gasteiger partial charge in [0.15, 0.2) is 0 Å². The van der Waals surface area contributed by atoms with E-state index in [9.17, 15) is 0 Å². The van der Waals surface area contributed by atoms with Crippen LogP contribution in [0.3, 0.4) is 0 Å². The minimum Gasteiger partial charge on any atom is -0.494 e. The van der Waals surface area contributed by atoms with E-state index in [0.29, 0.717) is 5.56 Å². The third-order valence-electron chi connectivity index (χ3n) is 4.39. The Morgan fingerprint density at radius 2 is 1.81 bits per heavy atom. The molecule has 26 heavy (non-hydrogen) atoms. The van der Waals surface area contributed by atoms with Gasteiger partial charge in [0.1, 0.15) is 11.3 Å². The summed E-state index contributed by atoms with van der Waals surface area (Å²) >= 11 is 0. The smallest absolute Gasteiger partial charge is 0.145 e. The molecule has 0 aliphatic carbocycles. The van der Waals surface area contributed by atoms with Crippen LogP contribution in [-0.4, -0.2) is 21.5 Å². The Balaban J connectivity index is 2.05. The summed E-state index contributed by atoms with van der Waals surface area (Å²) in [6.45, 7) is 1.96. The number of nitriles is 1. The van der Waals surface area contributed by atoms with Crippen LogP contribution in [0.5, 0.6) is 5.75 Å². The predicted molar refractivity (Wildman–Crippen MR) is 99.9 cm³/mol. The SMILES string of the molecule is COc1cc(-c2ccc(C#N)cc2)c(-c2ccc(C)nc2)n2cncc12. The fourth-order valence-corrected chi connectivity index (χ4v) is 3.07. The van der Waals surface area contributed by atoms with Gasteiger partial charge < -0.3 is 4.74 Å². The van der Waals surface area contributed by atoms with Crippen LogP contribution in [-0.2, 0) is 0 Å². The van der Waals surface area contributed by atoms with Crippen LogP contribution >= 0.6 is 0 Å². The first-order valence-electron chi connectivity index (χ1n) is 8.18. The van der Waals surface area contributed by atoms with E-state index in [1.165, 1.54) is 0 Å². The maximum Gasteiger partial charge on any atom is 0.145 e. The highest BCUT2D eigenvalue weighted by atomic mass is 16.5. The molecule has 0 amide bonds. The van der Waals surface area contributed by atoms with Gasteiger partial charge in [-0.25, -0.2) is 4.98 Å². The van der Waals surface area contributed by atoms with Crippen LogP contribution in [0.1, 0.15) is 11.3 Å². The lowest BCUT2D eigenvalue weighted by molar-refractivity contribution is 0.418. The molecule has 4 aromatic rings. The van der Waals surface area contributed by atoms with Crippen molar-refractivity contribution in [1.82, 2.24) is 14.4 Å². The largest absolute Gasteiger partial charge is 0.494 e. The van der Waals surface area contributed by atoms with Crippen LogP contribution in [0.25, 0.3) is 27.9 Å². The number of pyridine rings is 2. The molecule has 0 aliphatic rings. The van der Waals surface area contributed by atoms with Crippen LogP contribution < -0.4 is 4.74 Å². The molecule has 0 spiro atoms. The number of hydrogen-bond donors (Lipinski definition) is 0. The number of methoxy groups -OCH3 is 1. The first kappa shape index (κ1) is 15.9. The van der Waals surface area contributed by atoms with Crippen molar-refractivity contribution < 1.29 is 4.74 Å². The van der Waals surface area contributed by atoms with Gasteiger partial charge in [0.2, 0.25) is 0 Å². The maximum atomic E-state index is 9.06. The maximum absolute atomic E-state index is 9.06. The Morgan fingerprint density at radius 3 is 2.46 bits per heavy atom. The summed E-state index contributed by atoms with van der Waals surface area (Å²) in [4.78, 5) is 8.74. The van der Waals surface area contributed by atoms with Crippen molar-refractivity contribution in [2.24, 2.45) is 0 Å². The molecule has 3 heterocycles. The van der Waals surface area contributed by atoms with Gasteiger partial charge in [-0.1, -0.05) is 12.1 Å². The molecule has 0 bridgehead atoms. The number of fused-ring (bicyclic) bond motifs is 1. The number of imidazole rings is 1. The second-order valence-electron chi connectivity index (χ2n) is 6.00. The van der Waals surface area contributed by atoms with Gasteiger partial charge in [0.05, 0.1) is 37.0 Å². The molecule has 0 fully saturated rings. The van der Waals surface area contributed by atoms with E-state index in [2.05, 4.69) is 22.1 Å². The number of ether oxygens (including phenoxy) is 1. The molecule has 0 saturated heterocycles. The molecular weight excluding hydrogens is 324 g/mol. The van der Waals surface area contributed by atoms with Crippen molar-refractivity contribution >= 4 is 5.52 Å². The highest BCUT2D eigenvalue weighted by Crippen LogP contribution is 2.37. The highest BCUT2D eigenvalue weighted by molar-refractivity contribution is 5.86. The summed E-state index contributed by atoms with van der Waals surface area (Å²) in [6, 6.07) is 15.7. The summed E-state index contributed by atoms with van der Waals surface area (Å²) in [5, 5.41) is 9.06. The quantitative estimate of drug-likeness (QED) is 0.559. The van der Waals surface area contributed by atoms with Gasteiger partial charge in [-0.2, -0.15) is 5.26 Å². The summed E-state index contributed by atoms with van der Waals surface area (Å²) in [5.74, 6) is 0.741. The highest BCUT2D eigenvalue weighted by Gasteiger charge is 2.16. The lowest BCUT2D eigenvalue weighted by Crippen LogP contribution is -1.98. The van der Waals surface area contributed by atoms with Crippen LogP contribution in [0.2, 0.25) is 0 Å². The molecule has 1 aromatic carbocycles. The second kappa shape index (κ2) is 6.34. The zero-order valence-electron chi connectivity index (χ0n) is 14.5. The standard InChI is InChI=1S/C21H16N4O/c1-14-3-6-17(11-24-14)21-18(16-7-4-15(10-22)5-8-16)9-20(26-2)19-12-23-13-25(19)21/h3-9,11-13H,1-2H3. The van der Waals surface area contributed by atoms with Crippen LogP contribution in [0.15, 0.2) is 61.2 Å². The van der Waals surface area contributed by atoms with E-state index in [0.717, 1.165) is 39.3 Å². The van der Waals surface area contributed by atoms with Gasteiger partial charge >= 0.3 is 0 Å². The minimum atomic E-state index is 0.628. The summed E-state index contributed by atoms with van der Waals surface area (Å²) < 4.78 is 7.59. The number of hydrogen-bond acceptors (Lipinski definition) is 4. The average Bonchev–Trinajstić information content (AvgIpc) is 3.17. The summed E-state index contributed by atoms with van der Waals surface area (Å²) in [7, 11) is 1.65. The normalized spacial score (nSPS) is 10.7. The zero-order chi connectivity index (χ0) is 18.1. The molecule has 5 heteroatoms. The molecule has 4 rings (SSSR count). The van der Waals surface area contributed by atoms with Crippen molar-refractivity contribution in [1.29, 1.82) is 5.26 Å². The average molecular weight is 340 g/mol. The molecule has 0 radical (unpaired) electrons. The number of aromatic nitrogens is 3. The number of nitrogens with zero attached hydrogens (tertiary/aromatic N) is 4. The fourth-order valence-electron chi connectivity index (χ4n) is 3.07. The molecule has 0 atom stereocenters. The lowest BCUT2D eigenvalue weighted by Gasteiger charge is -2.16. The van der Waals surface area contributed by atoms with Gasteiger partial charge in [-0.15, -0.1) is 0 Å². The number of aryl methyl sites for hydroxylation is 1. The Hall–Kier alpha value is -3.65. The Kier molecular flexibility index (Phi) is 3.86. The van der Waals surface area contributed by atoms with Gasteiger partial charge in [-0.3, -0.25) is 9.38 Å². The van der Waals surface area contributed by atoms with E-state index in [-0.39, 0.29) is 0 Å². The molecule has 0 aliphatic heterocycles. The fraction of sp³-hybridized carbons (Fsp3) is 0.0952. The van der Waals surface area contributed by atoms with Crippen molar-refractivity contribution in [2.75, 3.05) is 7.11 Å². The summed E-state index contributed by atoms with van der Waals surface area (Å²) in [5.41, 5.74) is 6.43. The van der Waals surface area contributed by atoms with E-state index >= 15 is 0 Å². The zero-order valence-corrected chi connectivity index (χ0v) is 14.5. The van der Waals surface area contributed by atoms with Gasteiger partial charge in [-0.05, 0) is 42.8 Å². The third kappa shape index (κ3) is 2.58. The first-order chi connectivity index (χ1) is 12.7. The first-order valence-corrected chi connectivity index (χ1v) is 8.18. The molecule has 5 nitrogen and oxygen atoms in total. The van der Waals surface area contributed by atoms with Crippen molar-refractivity contribution in [3.8, 4) is 34.2 Å². The van der Waals surface area contributed by atoms with E-state index in [1.807, 2.05) is 53.9 Å².